The summed E-state index contributed by atoms with van der Waals surface area (Å²) in [5.74, 6) is -1.07. The van der Waals surface area contributed by atoms with Gasteiger partial charge in [-0.25, -0.2) is 4.39 Å². The van der Waals surface area contributed by atoms with Gasteiger partial charge < -0.3 is 10.2 Å². The number of hydrogen-bond acceptors (Lipinski definition) is 5. The molecule has 0 radical (unpaired) electrons. The molecule has 1 aliphatic heterocycles. The van der Waals surface area contributed by atoms with E-state index in [2.05, 4.69) is 21.7 Å². The van der Waals surface area contributed by atoms with E-state index < -0.39 is 11.7 Å². The summed E-state index contributed by atoms with van der Waals surface area (Å²) in [6.45, 7) is 0.941. The van der Waals surface area contributed by atoms with Crippen LogP contribution in [0, 0.1) is 17.3 Å². The van der Waals surface area contributed by atoms with Gasteiger partial charge in [-0.2, -0.15) is 15.5 Å². The fourth-order valence-corrected chi connectivity index (χ4v) is 4.43. The summed E-state index contributed by atoms with van der Waals surface area (Å²) in [7, 11) is 1.87. The highest BCUT2D eigenvalue weighted by Crippen LogP contribution is 2.26. The third-order valence-corrected chi connectivity index (χ3v) is 6.13. The minimum atomic E-state index is -0.584. The lowest BCUT2D eigenvalue weighted by Gasteiger charge is -2.17. The van der Waals surface area contributed by atoms with Crippen molar-refractivity contribution in [2.45, 2.75) is 25.0 Å². The fourth-order valence-electron chi connectivity index (χ4n) is 4.43. The van der Waals surface area contributed by atoms with E-state index in [4.69, 9.17) is 0 Å². The van der Waals surface area contributed by atoms with E-state index in [0.29, 0.717) is 25.1 Å². The average Bonchev–Trinajstić information content (AvgIpc) is 3.55. The number of hydrogen-bond donors (Lipinski definition) is 1. The van der Waals surface area contributed by atoms with Crippen molar-refractivity contribution in [3.8, 4) is 17.3 Å². The maximum absolute atomic E-state index is 14.9. The number of nitriles is 1. The van der Waals surface area contributed by atoms with Gasteiger partial charge >= 0.3 is 0 Å². The maximum Gasteiger partial charge on any atom is 0.254 e. The second kappa shape index (κ2) is 8.39. The second-order valence-electron chi connectivity index (χ2n) is 8.28. The number of amides is 1. The van der Waals surface area contributed by atoms with E-state index in [1.165, 1.54) is 12.1 Å². The highest BCUT2D eigenvalue weighted by molar-refractivity contribution is 5.95. The number of halogens is 1. The quantitative estimate of drug-likeness (QED) is 0.479. The molecule has 5 rings (SSSR count). The molecule has 1 aliphatic rings. The Balaban J connectivity index is 1.29. The molecule has 0 saturated carbocycles. The van der Waals surface area contributed by atoms with Crippen LogP contribution in [0.2, 0.25) is 0 Å². The van der Waals surface area contributed by atoms with Gasteiger partial charge in [0.05, 0.1) is 29.9 Å². The summed E-state index contributed by atoms with van der Waals surface area (Å²) >= 11 is 0. The van der Waals surface area contributed by atoms with E-state index in [1.807, 2.05) is 37.5 Å². The van der Waals surface area contributed by atoms with Crippen molar-refractivity contribution < 1.29 is 9.18 Å². The maximum atomic E-state index is 14.9. The molecule has 2 atom stereocenters. The highest BCUT2D eigenvalue weighted by Gasteiger charge is 2.33. The first kappa shape index (κ1) is 20.7. The molecule has 3 heterocycles. The molecule has 0 bridgehead atoms. The summed E-state index contributed by atoms with van der Waals surface area (Å²) in [5, 5.41) is 21.7. The number of rotatable bonds is 5. The molecule has 0 unspecified atom stereocenters. The molecule has 33 heavy (non-hydrogen) atoms. The van der Waals surface area contributed by atoms with Crippen LogP contribution < -0.4 is 5.32 Å². The van der Waals surface area contributed by atoms with Crippen LogP contribution in [0.25, 0.3) is 22.0 Å². The van der Waals surface area contributed by atoms with Crippen molar-refractivity contribution in [2.75, 3.05) is 6.54 Å². The van der Waals surface area contributed by atoms with Crippen LogP contribution in [0.1, 0.15) is 16.8 Å². The van der Waals surface area contributed by atoms with Gasteiger partial charge in [-0.05, 0) is 47.9 Å². The van der Waals surface area contributed by atoms with Crippen LogP contribution in [0.3, 0.4) is 0 Å². The Morgan fingerprint density at radius 1 is 1.24 bits per heavy atom. The van der Waals surface area contributed by atoms with Gasteiger partial charge in [-0.3, -0.25) is 14.2 Å². The lowest BCUT2D eigenvalue weighted by atomic mass is 10.0. The van der Waals surface area contributed by atoms with Crippen molar-refractivity contribution in [2.24, 2.45) is 7.05 Å². The number of fused-ring (bicyclic) bond motifs is 1. The van der Waals surface area contributed by atoms with Gasteiger partial charge in [-0.15, -0.1) is 0 Å². The number of nitrogens with one attached hydrogen (secondary N) is 1. The van der Waals surface area contributed by atoms with E-state index >= 15 is 0 Å². The van der Waals surface area contributed by atoms with Crippen molar-refractivity contribution in [3.05, 3.63) is 72.4 Å². The Morgan fingerprint density at radius 3 is 2.82 bits per heavy atom. The zero-order valence-corrected chi connectivity index (χ0v) is 18.0. The van der Waals surface area contributed by atoms with Crippen molar-refractivity contribution in [1.29, 1.82) is 5.26 Å². The molecular weight excluding hydrogens is 421 g/mol. The first-order valence-electron chi connectivity index (χ1n) is 10.7. The van der Waals surface area contributed by atoms with Crippen molar-refractivity contribution >= 4 is 16.8 Å². The van der Waals surface area contributed by atoms with Crippen LogP contribution in [-0.2, 0) is 13.6 Å². The smallest absolute Gasteiger partial charge is 0.254 e. The third-order valence-electron chi connectivity index (χ3n) is 6.13. The fraction of sp³-hybridized carbons (Fsp3) is 0.250. The number of likely N-dealkylation sites (tertiary alicyclic amines) is 1. The number of aryl methyl sites for hydroxylation is 1. The van der Waals surface area contributed by atoms with E-state index in [-0.39, 0.29) is 17.6 Å². The first-order chi connectivity index (χ1) is 16.0. The second-order valence-corrected chi connectivity index (χ2v) is 8.28. The van der Waals surface area contributed by atoms with Gasteiger partial charge in [0.15, 0.2) is 6.19 Å². The van der Waals surface area contributed by atoms with Crippen LogP contribution in [0.15, 0.2) is 61.1 Å². The molecule has 1 amide bonds. The zero-order chi connectivity index (χ0) is 22.9. The largest absolute Gasteiger partial charge is 0.347 e. The van der Waals surface area contributed by atoms with E-state index in [0.717, 1.165) is 16.5 Å². The number of nitrogens with zero attached hydrogens (tertiary/aromatic N) is 6. The monoisotopic (exact) mass is 443 g/mol. The van der Waals surface area contributed by atoms with E-state index in [1.54, 1.807) is 32.7 Å². The van der Waals surface area contributed by atoms with Crippen molar-refractivity contribution in [1.82, 2.24) is 29.8 Å². The molecule has 8 nitrogen and oxygen atoms in total. The van der Waals surface area contributed by atoms with Crippen LogP contribution in [0.4, 0.5) is 4.39 Å². The van der Waals surface area contributed by atoms with Crippen LogP contribution >= 0.6 is 0 Å². The van der Waals surface area contributed by atoms with E-state index in [9.17, 15) is 14.4 Å². The minimum absolute atomic E-state index is 0.0137. The van der Waals surface area contributed by atoms with Gasteiger partial charge in [0.25, 0.3) is 5.91 Å². The summed E-state index contributed by atoms with van der Waals surface area (Å²) in [4.78, 5) is 14.4. The molecule has 2 aromatic heterocycles. The Labute approximate surface area is 189 Å². The summed E-state index contributed by atoms with van der Waals surface area (Å²) in [6.07, 6.45) is 8.06. The molecule has 1 N–H and O–H groups in total. The Morgan fingerprint density at radius 2 is 2.06 bits per heavy atom. The zero-order valence-electron chi connectivity index (χ0n) is 18.0. The molecule has 0 spiro atoms. The Kier molecular flexibility index (Phi) is 5.26. The molecule has 4 aromatic rings. The lowest BCUT2D eigenvalue weighted by Crippen LogP contribution is -2.36. The number of carbonyl (C=O) groups excluding carboxylic acids is 1. The summed E-state index contributed by atoms with van der Waals surface area (Å²) in [6, 6.07) is 11.9. The number of benzene rings is 2. The molecule has 1 saturated heterocycles. The summed E-state index contributed by atoms with van der Waals surface area (Å²) in [5.41, 5.74) is 2.51. The number of aromatic nitrogens is 4. The molecule has 0 aliphatic carbocycles. The lowest BCUT2D eigenvalue weighted by molar-refractivity contribution is 0.0934. The predicted molar refractivity (Wildman–Crippen MR) is 120 cm³/mol. The molecular formula is C24H22FN7O. The van der Waals surface area contributed by atoms with Crippen LogP contribution in [-0.4, -0.2) is 49.0 Å². The molecule has 1 fully saturated rings. The molecule has 9 heteroatoms. The van der Waals surface area contributed by atoms with Crippen molar-refractivity contribution in [3.63, 3.8) is 0 Å². The van der Waals surface area contributed by atoms with Gasteiger partial charge in [-0.1, -0.05) is 12.1 Å². The SMILES string of the molecule is Cn1ncc2cc(-c3ccc(C(=O)N[C@@H]4C[C@@H](Cn5cccn5)N(C#N)C4)c(F)c3)ccc21. The normalized spacial score (nSPS) is 17.9. The Hall–Kier alpha value is -4.19. The average molecular weight is 443 g/mol. The third kappa shape index (κ3) is 4.03. The molecule has 2 aromatic carbocycles. The Bertz CT molecular complexity index is 1360. The highest BCUT2D eigenvalue weighted by atomic mass is 19.1. The number of carbonyl (C=O) groups is 1. The minimum Gasteiger partial charge on any atom is -0.347 e. The van der Waals surface area contributed by atoms with Gasteiger partial charge in [0.1, 0.15) is 5.82 Å². The standard InChI is InChI=1S/C24H22FN7O/c1-30-23-6-4-16(9-18(23)12-28-30)17-3-5-21(22(25)10-17)24(33)29-19-11-20(31(13-19)15-26)14-32-8-2-7-27-32/h2-10,12,19-20H,11,13-14H2,1H3,(H,29,33)/t19-,20+/m1/s1. The topological polar surface area (TPSA) is 91.8 Å². The van der Waals surface area contributed by atoms with Crippen LogP contribution in [0.5, 0.6) is 0 Å². The molecule has 166 valence electrons. The first-order valence-corrected chi connectivity index (χ1v) is 10.7. The summed E-state index contributed by atoms with van der Waals surface area (Å²) < 4.78 is 18.4. The van der Waals surface area contributed by atoms with Gasteiger partial charge in [0, 0.05) is 37.4 Å². The van der Waals surface area contributed by atoms with Gasteiger partial charge in [0.2, 0.25) is 0 Å². The predicted octanol–water partition coefficient (Wildman–Crippen LogP) is 2.93.